The molecule has 1 atom stereocenters. The summed E-state index contributed by atoms with van der Waals surface area (Å²) in [5.74, 6) is 0. The van der Waals surface area contributed by atoms with Crippen molar-refractivity contribution in [2.75, 3.05) is 26.3 Å². The van der Waals surface area contributed by atoms with Gasteiger partial charge in [0.25, 0.3) is 0 Å². The standard InChI is InChI=1S/C18H34BNO3/c1-17(2,3)22-19(23-18(4,5)6)15-7-9-16(10-8-15)20-11-13-21-14-12-20/h7,16H,8-14H2,1-6H3. The van der Waals surface area contributed by atoms with Crippen molar-refractivity contribution in [3.05, 3.63) is 11.5 Å². The highest BCUT2D eigenvalue weighted by Crippen LogP contribution is 2.29. The Kier molecular flexibility index (Phi) is 6.34. The van der Waals surface area contributed by atoms with E-state index < -0.39 is 0 Å². The number of allylic oxidation sites excluding steroid dienone is 1. The molecule has 1 saturated heterocycles. The molecule has 2 aliphatic rings. The average Bonchev–Trinajstić information content (AvgIpc) is 2.45. The molecule has 1 fully saturated rings. The molecule has 2 rings (SSSR count). The van der Waals surface area contributed by atoms with Gasteiger partial charge in [-0.05, 0) is 66.3 Å². The maximum absolute atomic E-state index is 6.21. The van der Waals surface area contributed by atoms with Gasteiger partial charge in [-0.3, -0.25) is 4.90 Å². The van der Waals surface area contributed by atoms with Crippen LogP contribution in [-0.2, 0) is 14.0 Å². The minimum Gasteiger partial charge on any atom is -0.403 e. The van der Waals surface area contributed by atoms with Crippen LogP contribution in [0.2, 0.25) is 0 Å². The number of morpholine rings is 1. The largest absolute Gasteiger partial charge is 0.490 e. The first-order chi connectivity index (χ1) is 10.6. The van der Waals surface area contributed by atoms with Crippen LogP contribution in [0.5, 0.6) is 0 Å². The van der Waals surface area contributed by atoms with Crippen molar-refractivity contribution < 1.29 is 14.0 Å². The smallest absolute Gasteiger partial charge is 0.403 e. The Bertz CT molecular complexity index is 389. The van der Waals surface area contributed by atoms with Crippen LogP contribution in [0.4, 0.5) is 0 Å². The third kappa shape index (κ3) is 6.57. The van der Waals surface area contributed by atoms with Gasteiger partial charge in [0, 0.05) is 30.3 Å². The van der Waals surface area contributed by atoms with Crippen molar-refractivity contribution in [3.63, 3.8) is 0 Å². The van der Waals surface area contributed by atoms with Crippen LogP contribution in [0.3, 0.4) is 0 Å². The van der Waals surface area contributed by atoms with Crippen molar-refractivity contribution in [2.45, 2.75) is 78.0 Å². The number of ether oxygens (including phenoxy) is 1. The summed E-state index contributed by atoms with van der Waals surface area (Å²) in [6.45, 7) is 16.4. The maximum Gasteiger partial charge on any atom is 0.490 e. The molecule has 1 aliphatic carbocycles. The summed E-state index contributed by atoms with van der Waals surface area (Å²) in [6, 6.07) is 0.646. The molecule has 0 aromatic heterocycles. The molecule has 0 radical (unpaired) electrons. The molecule has 23 heavy (non-hydrogen) atoms. The highest BCUT2D eigenvalue weighted by molar-refractivity contribution is 6.54. The van der Waals surface area contributed by atoms with Crippen LogP contribution >= 0.6 is 0 Å². The van der Waals surface area contributed by atoms with E-state index in [1.807, 2.05) is 0 Å². The first-order valence-corrected chi connectivity index (χ1v) is 9.00. The van der Waals surface area contributed by atoms with Crippen LogP contribution in [0.1, 0.15) is 60.8 Å². The Morgan fingerprint density at radius 3 is 2.04 bits per heavy atom. The van der Waals surface area contributed by atoms with Crippen molar-refractivity contribution in [1.29, 1.82) is 0 Å². The summed E-state index contributed by atoms with van der Waals surface area (Å²) in [4.78, 5) is 2.57. The van der Waals surface area contributed by atoms with E-state index in [2.05, 4.69) is 52.5 Å². The SMILES string of the molecule is CC(C)(C)OB(OC(C)(C)C)C1=CCC(N2CCOCC2)CC1. The molecule has 0 aromatic carbocycles. The van der Waals surface area contributed by atoms with E-state index in [1.165, 1.54) is 11.9 Å². The van der Waals surface area contributed by atoms with Gasteiger partial charge in [-0.2, -0.15) is 0 Å². The summed E-state index contributed by atoms with van der Waals surface area (Å²) in [6.07, 6.45) is 5.68. The molecule has 132 valence electrons. The summed E-state index contributed by atoms with van der Waals surface area (Å²) in [5, 5.41) is 0. The molecule has 1 unspecified atom stereocenters. The summed E-state index contributed by atoms with van der Waals surface area (Å²) in [5.41, 5.74) is 0.884. The quantitative estimate of drug-likeness (QED) is 0.742. The summed E-state index contributed by atoms with van der Waals surface area (Å²) < 4.78 is 17.9. The van der Waals surface area contributed by atoms with Crippen LogP contribution in [-0.4, -0.2) is 55.6 Å². The van der Waals surface area contributed by atoms with Gasteiger partial charge in [0.15, 0.2) is 0 Å². The van der Waals surface area contributed by atoms with E-state index >= 15 is 0 Å². The highest BCUT2D eigenvalue weighted by Gasteiger charge is 2.35. The Balaban J connectivity index is 2.00. The first kappa shape index (κ1) is 19.0. The van der Waals surface area contributed by atoms with E-state index in [9.17, 15) is 0 Å². The normalized spacial score (nSPS) is 24.4. The molecule has 0 amide bonds. The molecule has 0 aromatic rings. The zero-order chi connectivity index (χ0) is 17.1. The fraction of sp³-hybridized carbons (Fsp3) is 0.889. The van der Waals surface area contributed by atoms with E-state index in [-0.39, 0.29) is 18.3 Å². The van der Waals surface area contributed by atoms with E-state index in [0.717, 1.165) is 39.1 Å². The van der Waals surface area contributed by atoms with Gasteiger partial charge in [-0.1, -0.05) is 6.08 Å². The second-order valence-corrected chi connectivity index (χ2v) is 8.65. The van der Waals surface area contributed by atoms with Gasteiger partial charge in [-0.25, -0.2) is 0 Å². The van der Waals surface area contributed by atoms with E-state index in [4.69, 9.17) is 14.0 Å². The molecule has 0 saturated carbocycles. The van der Waals surface area contributed by atoms with Gasteiger partial charge >= 0.3 is 7.12 Å². The fourth-order valence-electron chi connectivity index (χ4n) is 3.15. The van der Waals surface area contributed by atoms with Crippen LogP contribution in [0.15, 0.2) is 11.5 Å². The van der Waals surface area contributed by atoms with Crippen LogP contribution in [0, 0.1) is 0 Å². The first-order valence-electron chi connectivity index (χ1n) is 9.00. The zero-order valence-electron chi connectivity index (χ0n) is 15.9. The van der Waals surface area contributed by atoms with E-state index in [0.29, 0.717) is 6.04 Å². The zero-order valence-corrected chi connectivity index (χ0v) is 15.9. The number of rotatable bonds is 4. The molecule has 0 bridgehead atoms. The summed E-state index contributed by atoms with van der Waals surface area (Å²) in [7, 11) is -0.236. The van der Waals surface area contributed by atoms with Crippen LogP contribution < -0.4 is 0 Å². The second-order valence-electron chi connectivity index (χ2n) is 8.65. The van der Waals surface area contributed by atoms with Gasteiger partial charge in [0.2, 0.25) is 0 Å². The topological polar surface area (TPSA) is 30.9 Å². The van der Waals surface area contributed by atoms with Gasteiger partial charge < -0.3 is 14.0 Å². The predicted molar refractivity (Wildman–Crippen MR) is 95.5 cm³/mol. The summed E-state index contributed by atoms with van der Waals surface area (Å²) >= 11 is 0. The lowest BCUT2D eigenvalue weighted by atomic mass is 9.70. The van der Waals surface area contributed by atoms with Crippen molar-refractivity contribution in [1.82, 2.24) is 4.90 Å². The second kappa shape index (κ2) is 7.69. The monoisotopic (exact) mass is 323 g/mol. The highest BCUT2D eigenvalue weighted by atomic mass is 16.6. The van der Waals surface area contributed by atoms with Gasteiger partial charge in [0.05, 0.1) is 13.2 Å². The minimum atomic E-state index is -0.236. The fourth-order valence-corrected chi connectivity index (χ4v) is 3.15. The number of hydrogen-bond donors (Lipinski definition) is 0. The van der Waals surface area contributed by atoms with Gasteiger partial charge in [0.1, 0.15) is 0 Å². The Morgan fingerprint density at radius 1 is 1.04 bits per heavy atom. The van der Waals surface area contributed by atoms with Gasteiger partial charge in [-0.15, -0.1) is 0 Å². The maximum atomic E-state index is 6.21. The Morgan fingerprint density at radius 2 is 1.61 bits per heavy atom. The number of nitrogens with zero attached hydrogens (tertiary/aromatic N) is 1. The van der Waals surface area contributed by atoms with Crippen molar-refractivity contribution in [3.8, 4) is 0 Å². The van der Waals surface area contributed by atoms with Crippen molar-refractivity contribution >= 4 is 7.12 Å². The molecule has 5 heteroatoms. The molecule has 0 N–H and O–H groups in total. The molecule has 0 spiro atoms. The lowest BCUT2D eigenvalue weighted by Gasteiger charge is -2.38. The third-order valence-corrected chi connectivity index (χ3v) is 4.20. The molecular formula is C18H34BNO3. The Hall–Kier alpha value is -0.355. The number of hydrogen-bond acceptors (Lipinski definition) is 4. The molecule has 1 heterocycles. The lowest BCUT2D eigenvalue weighted by Crippen LogP contribution is -2.45. The molecule has 1 aliphatic heterocycles. The lowest BCUT2D eigenvalue weighted by molar-refractivity contribution is 0.0136. The predicted octanol–water partition coefficient (Wildman–Crippen LogP) is 3.46. The van der Waals surface area contributed by atoms with Crippen molar-refractivity contribution in [2.24, 2.45) is 0 Å². The average molecular weight is 323 g/mol. The molecule has 4 nitrogen and oxygen atoms in total. The van der Waals surface area contributed by atoms with Crippen LogP contribution in [0.25, 0.3) is 0 Å². The Labute approximate surface area is 142 Å². The van der Waals surface area contributed by atoms with E-state index in [1.54, 1.807) is 0 Å². The third-order valence-electron chi connectivity index (χ3n) is 4.20. The molecular weight excluding hydrogens is 289 g/mol. The minimum absolute atomic E-state index is 0.211.